The third kappa shape index (κ3) is 3.24. The van der Waals surface area contributed by atoms with Crippen molar-refractivity contribution in [3.05, 3.63) is 49.3 Å². The van der Waals surface area contributed by atoms with Gasteiger partial charge in [-0.2, -0.15) is 0 Å². The van der Waals surface area contributed by atoms with E-state index in [1.165, 1.54) is 4.57 Å². The standard InChI is InChI=1S/C17H20N4O7/c1-7-3-9-10(4-8(7)2)20(5-11(23)14(25)12(24)6-22)16-13(18-9)15(26)19-17(27)21(16)28/h3-4,11-12,14,22-25H,5-6H2,1-2H3,(H,19,26,27)/t11-,12+,14-/m0/s1. The first-order valence-electron chi connectivity index (χ1n) is 8.48. The number of aryl methyl sites for hydroxylation is 2. The molecule has 5 N–H and O–H groups in total. The van der Waals surface area contributed by atoms with Gasteiger partial charge in [0.1, 0.15) is 29.3 Å². The fraction of sp³-hybridized carbons (Fsp3) is 0.412. The quantitative estimate of drug-likeness (QED) is 0.180. The molecule has 0 fully saturated rings. The Labute approximate surface area is 157 Å². The van der Waals surface area contributed by atoms with E-state index in [9.17, 15) is 30.1 Å². The van der Waals surface area contributed by atoms with Crippen molar-refractivity contribution in [3.8, 4) is 11.5 Å². The van der Waals surface area contributed by atoms with Crippen LogP contribution in [0.25, 0.3) is 22.6 Å². The number of aromatic amines is 1. The van der Waals surface area contributed by atoms with Crippen molar-refractivity contribution >= 4 is 11.0 Å². The first-order chi connectivity index (χ1) is 13.1. The second kappa shape index (κ2) is 7.28. The van der Waals surface area contributed by atoms with Crippen molar-refractivity contribution in [1.29, 1.82) is 0 Å². The van der Waals surface area contributed by atoms with Crippen LogP contribution in [-0.4, -0.2) is 59.9 Å². The minimum atomic E-state index is -1.73. The Hall–Kier alpha value is -2.86. The maximum absolute atomic E-state index is 12.4. The molecule has 11 heteroatoms. The highest BCUT2D eigenvalue weighted by Gasteiger charge is 2.31. The minimum absolute atomic E-state index is 0.0556. The van der Waals surface area contributed by atoms with E-state index in [0.29, 0.717) is 11.0 Å². The van der Waals surface area contributed by atoms with Crippen LogP contribution in [0.3, 0.4) is 0 Å². The van der Waals surface area contributed by atoms with Crippen LogP contribution in [0.2, 0.25) is 0 Å². The van der Waals surface area contributed by atoms with E-state index >= 15 is 0 Å². The van der Waals surface area contributed by atoms with E-state index in [1.807, 2.05) is 18.8 Å². The van der Waals surface area contributed by atoms with Crippen molar-refractivity contribution in [1.82, 2.24) is 14.5 Å². The van der Waals surface area contributed by atoms with Gasteiger partial charge in [0.05, 0.1) is 13.2 Å². The zero-order chi connectivity index (χ0) is 20.7. The van der Waals surface area contributed by atoms with Gasteiger partial charge in [0, 0.05) is 0 Å². The Morgan fingerprint density at radius 1 is 1.18 bits per heavy atom. The number of aliphatic hydroxyl groups is 4. The van der Waals surface area contributed by atoms with Crippen LogP contribution in [0.4, 0.5) is 0 Å². The zero-order valence-electron chi connectivity index (χ0n) is 15.2. The molecule has 0 amide bonds. The molecule has 0 saturated heterocycles. The van der Waals surface area contributed by atoms with E-state index in [-0.39, 0.29) is 10.4 Å². The summed E-state index contributed by atoms with van der Waals surface area (Å²) < 4.78 is 1.14. The zero-order valence-corrected chi connectivity index (χ0v) is 15.2. The predicted molar refractivity (Wildman–Crippen MR) is 96.8 cm³/mol. The maximum Gasteiger partial charge on any atom is 0.444 e. The summed E-state index contributed by atoms with van der Waals surface area (Å²) in [6, 6.07) is 3.36. The van der Waals surface area contributed by atoms with Crippen molar-refractivity contribution in [2.24, 2.45) is 0 Å². The number of nitrogens with one attached hydrogen (secondary N) is 1. The summed E-state index contributed by atoms with van der Waals surface area (Å²) in [7, 11) is 0. The monoisotopic (exact) mass is 392 g/mol. The lowest BCUT2D eigenvalue weighted by atomic mass is 10.1. The van der Waals surface area contributed by atoms with Gasteiger partial charge in [-0.15, -0.1) is 0 Å². The molecule has 2 heterocycles. The number of H-pyrrole nitrogens is 1. The van der Waals surface area contributed by atoms with Gasteiger partial charge < -0.3 is 25.6 Å². The molecule has 0 bridgehead atoms. The molecule has 3 atom stereocenters. The molecule has 1 aromatic rings. The Bertz CT molecular complexity index is 1120. The highest BCUT2D eigenvalue weighted by atomic mass is 16.5. The Morgan fingerprint density at radius 3 is 2.46 bits per heavy atom. The number of fused-ring (bicyclic) bond motifs is 2. The van der Waals surface area contributed by atoms with E-state index < -0.39 is 48.5 Å². The molecular weight excluding hydrogens is 372 g/mol. The van der Waals surface area contributed by atoms with Crippen molar-refractivity contribution in [3.63, 3.8) is 0 Å². The number of aliphatic hydroxyl groups excluding tert-OH is 4. The number of nitrogens with zero attached hydrogens (tertiary/aromatic N) is 3. The molecule has 0 spiro atoms. The van der Waals surface area contributed by atoms with E-state index in [1.54, 1.807) is 12.1 Å². The molecule has 150 valence electrons. The maximum atomic E-state index is 12.4. The molecule has 0 radical (unpaired) electrons. The lowest BCUT2D eigenvalue weighted by molar-refractivity contribution is -0.617. The fourth-order valence-electron chi connectivity index (χ4n) is 3.01. The number of hydrogen-bond acceptors (Lipinski definition) is 8. The largest absolute Gasteiger partial charge is 0.737 e. The molecule has 3 rings (SSSR count). The second-order valence-electron chi connectivity index (χ2n) is 6.68. The number of rotatable bonds is 5. The number of benzene rings is 1. The van der Waals surface area contributed by atoms with Gasteiger partial charge in [0.2, 0.25) is 5.69 Å². The lowest BCUT2D eigenvalue weighted by Gasteiger charge is -2.24. The van der Waals surface area contributed by atoms with E-state index in [0.717, 1.165) is 11.1 Å². The van der Waals surface area contributed by atoms with Gasteiger partial charge in [0.25, 0.3) is 5.82 Å². The molecular formula is C17H20N4O7. The lowest BCUT2D eigenvalue weighted by Crippen LogP contribution is -2.54. The summed E-state index contributed by atoms with van der Waals surface area (Å²) in [4.78, 5) is 30.1. The molecule has 0 aliphatic carbocycles. The molecule has 0 aromatic heterocycles. The van der Waals surface area contributed by atoms with Crippen molar-refractivity contribution in [2.75, 3.05) is 6.61 Å². The number of aromatic nitrogens is 4. The van der Waals surface area contributed by atoms with Crippen molar-refractivity contribution < 1.29 is 25.2 Å². The summed E-state index contributed by atoms with van der Waals surface area (Å²) in [6.07, 6.45) is -4.95. The van der Waals surface area contributed by atoms with Crippen LogP contribution >= 0.6 is 0 Å². The molecule has 0 saturated carbocycles. The third-order valence-electron chi connectivity index (χ3n) is 4.74. The smallest absolute Gasteiger partial charge is 0.444 e. The SMILES string of the molecule is Cc1cc2nc3c(=O)[nH]c(=O)[n+]([O-])c-3n(C[C@H](O)[C@H](O)[C@H](O)CO)c2cc1C. The first-order valence-corrected chi connectivity index (χ1v) is 8.48. The van der Waals surface area contributed by atoms with Crippen LogP contribution in [0.5, 0.6) is 0 Å². The first kappa shape index (κ1) is 19.9. The molecule has 28 heavy (non-hydrogen) atoms. The molecule has 11 nitrogen and oxygen atoms in total. The molecule has 2 aliphatic heterocycles. The molecule has 0 unspecified atom stereocenters. The highest BCUT2D eigenvalue weighted by Crippen LogP contribution is 2.24. The van der Waals surface area contributed by atoms with Crippen LogP contribution < -0.4 is 16.0 Å². The van der Waals surface area contributed by atoms with Gasteiger partial charge in [-0.3, -0.25) is 4.57 Å². The summed E-state index contributed by atoms with van der Waals surface area (Å²) in [5.41, 5.74) is -0.00608. The summed E-state index contributed by atoms with van der Waals surface area (Å²) >= 11 is 0. The second-order valence-corrected chi connectivity index (χ2v) is 6.68. The van der Waals surface area contributed by atoms with Crippen LogP contribution in [0.1, 0.15) is 11.1 Å². The van der Waals surface area contributed by atoms with E-state index in [2.05, 4.69) is 4.98 Å². The van der Waals surface area contributed by atoms with Gasteiger partial charge in [0.15, 0.2) is 0 Å². The highest BCUT2D eigenvalue weighted by molar-refractivity contribution is 5.80. The predicted octanol–water partition coefficient (Wildman–Crippen LogP) is -2.49. The van der Waals surface area contributed by atoms with Gasteiger partial charge in [-0.25, -0.2) is 24.3 Å². The summed E-state index contributed by atoms with van der Waals surface area (Å²) in [5.74, 6) is -0.394. The van der Waals surface area contributed by atoms with Gasteiger partial charge in [-0.1, -0.05) is 0 Å². The van der Waals surface area contributed by atoms with Crippen molar-refractivity contribution in [2.45, 2.75) is 38.7 Å². The fourth-order valence-corrected chi connectivity index (χ4v) is 3.01. The Kier molecular flexibility index (Phi) is 5.17. The number of hydrogen-bond donors (Lipinski definition) is 5. The average molecular weight is 392 g/mol. The van der Waals surface area contributed by atoms with E-state index in [4.69, 9.17) is 5.11 Å². The molecule has 2 aliphatic rings. The summed E-state index contributed by atoms with van der Waals surface area (Å²) in [6.45, 7) is 2.42. The molecule has 1 aromatic carbocycles. The van der Waals surface area contributed by atoms with Crippen LogP contribution in [0, 0.1) is 19.1 Å². The van der Waals surface area contributed by atoms with Gasteiger partial charge in [-0.05, 0) is 37.1 Å². The Balaban J connectivity index is 2.34. The third-order valence-corrected chi connectivity index (χ3v) is 4.74. The minimum Gasteiger partial charge on any atom is -0.737 e. The normalized spacial score (nSPS) is 15.1. The van der Waals surface area contributed by atoms with Crippen LogP contribution in [-0.2, 0) is 6.54 Å². The topological polar surface area (TPSA) is 176 Å². The van der Waals surface area contributed by atoms with Crippen LogP contribution in [0.15, 0.2) is 21.7 Å². The van der Waals surface area contributed by atoms with Gasteiger partial charge >= 0.3 is 11.2 Å². The summed E-state index contributed by atoms with van der Waals surface area (Å²) in [5, 5.41) is 51.2. The Morgan fingerprint density at radius 2 is 1.82 bits per heavy atom. The average Bonchev–Trinajstić information content (AvgIpc) is 2.66.